The molecule has 0 unspecified atom stereocenters. The quantitative estimate of drug-likeness (QED) is 0.809. The Balaban J connectivity index is 2.44. The number of rotatable bonds is 6. The number of nitrogens with zero attached hydrogens (tertiary/aromatic N) is 2. The zero-order chi connectivity index (χ0) is 13.8. The summed E-state index contributed by atoms with van der Waals surface area (Å²) in [6, 6.07) is 1.76. The molecule has 1 aromatic heterocycles. The topological polar surface area (TPSA) is 56.1 Å². The van der Waals surface area contributed by atoms with Crippen LogP contribution in [-0.4, -0.2) is 40.1 Å². The third-order valence-corrected chi connectivity index (χ3v) is 6.73. The fraction of sp³-hybridized carbons (Fsp3) is 0.667. The fourth-order valence-corrected chi connectivity index (χ4v) is 1.98. The van der Waals surface area contributed by atoms with Crippen LogP contribution in [0.3, 0.4) is 0 Å². The van der Waals surface area contributed by atoms with Crippen LogP contribution in [0.2, 0.25) is 0 Å². The maximum absolute atomic E-state index is 10.3. The Kier molecular flexibility index (Phi) is 4.81. The van der Waals surface area contributed by atoms with Crippen molar-refractivity contribution >= 4 is 22.5 Å². The maximum atomic E-state index is 10.3. The molecule has 0 atom stereocenters. The fourth-order valence-electron chi connectivity index (χ4n) is 1.14. The second-order valence-electron chi connectivity index (χ2n) is 5.39. The third-order valence-electron chi connectivity index (χ3n) is 3.02. The number of hydrogen-bond donors (Lipinski definition) is 1. The van der Waals surface area contributed by atoms with E-state index in [1.807, 2.05) is 6.20 Å². The number of hydrogen-bond acceptors (Lipinski definition) is 3. The van der Waals surface area contributed by atoms with Gasteiger partial charge in [0.2, 0.25) is 6.41 Å². The van der Waals surface area contributed by atoms with E-state index in [1.165, 1.54) is 0 Å². The zero-order valence-corrected chi connectivity index (χ0v) is 12.6. The van der Waals surface area contributed by atoms with Gasteiger partial charge < -0.3 is 9.50 Å². The lowest BCUT2D eigenvalue weighted by Crippen LogP contribution is -2.26. The molecule has 0 aromatic carbocycles. The minimum Gasteiger partial charge on any atom is -0.335 e. The van der Waals surface area contributed by atoms with Gasteiger partial charge in [-0.15, -0.1) is 10.3 Å². The van der Waals surface area contributed by atoms with Gasteiger partial charge in [-0.3, -0.25) is 9.48 Å². The summed E-state index contributed by atoms with van der Waals surface area (Å²) < 4.78 is 7.94. The highest BCUT2D eigenvalue weighted by Crippen LogP contribution is 2.53. The van der Waals surface area contributed by atoms with E-state index in [1.54, 1.807) is 10.7 Å². The molecule has 0 aliphatic heterocycles. The first-order valence-electron chi connectivity index (χ1n) is 5.87. The lowest BCUT2D eigenvalue weighted by molar-refractivity contribution is -0.105. The van der Waals surface area contributed by atoms with E-state index in [2.05, 4.69) is 43.7 Å². The predicted octanol–water partition coefficient (Wildman–Crippen LogP) is 2.25. The second-order valence-corrected chi connectivity index (χ2v) is 9.32. The van der Waals surface area contributed by atoms with E-state index in [-0.39, 0.29) is 4.75 Å². The number of amides is 1. The molecule has 0 bridgehead atoms. The van der Waals surface area contributed by atoms with Crippen molar-refractivity contribution in [3.05, 3.63) is 12.3 Å². The van der Waals surface area contributed by atoms with E-state index in [0.717, 1.165) is 0 Å². The lowest BCUT2D eigenvalue weighted by atomic mass is 10.3. The van der Waals surface area contributed by atoms with Crippen LogP contribution >= 0.6 is 10.3 Å². The minimum absolute atomic E-state index is 0.168. The molecule has 0 saturated carbocycles. The largest absolute Gasteiger partial charge is 0.335 e. The van der Waals surface area contributed by atoms with Crippen LogP contribution in [0.5, 0.6) is 0 Å². The Morgan fingerprint density at radius 2 is 2.17 bits per heavy atom. The van der Waals surface area contributed by atoms with E-state index in [9.17, 15) is 4.79 Å². The van der Waals surface area contributed by atoms with E-state index in [0.29, 0.717) is 25.4 Å². The van der Waals surface area contributed by atoms with Crippen LogP contribution in [0.1, 0.15) is 20.8 Å². The molecular formula is C12H23N3O2S. The first-order valence-corrected chi connectivity index (χ1v) is 8.24. The minimum atomic E-state index is -1.08. The summed E-state index contributed by atoms with van der Waals surface area (Å²) in [5.41, 5.74) is 0. The molecule has 0 aliphatic rings. The Bertz CT molecular complexity index is 396. The van der Waals surface area contributed by atoms with Crippen LogP contribution in [0.25, 0.3) is 0 Å². The highest BCUT2D eigenvalue weighted by Gasteiger charge is 2.28. The molecule has 1 N–H and O–H groups in total. The van der Waals surface area contributed by atoms with Crippen molar-refractivity contribution in [3.63, 3.8) is 0 Å². The van der Waals surface area contributed by atoms with Crippen molar-refractivity contribution in [2.45, 2.75) is 32.1 Å². The van der Waals surface area contributed by atoms with Gasteiger partial charge in [0, 0.05) is 17.0 Å². The van der Waals surface area contributed by atoms with Crippen molar-refractivity contribution in [3.8, 4) is 0 Å². The van der Waals surface area contributed by atoms with E-state index < -0.39 is 10.3 Å². The number of carbonyl (C=O) groups excluding carboxylic acids is 1. The standard InChI is InChI=1S/C12H23N3O2S/c1-12(2,3)18(4,5)17-9-8-15-7-6-11(14-15)13-10-16/h6-7,10H,8-9H2,1-5H3,(H,13,14,16). The first-order chi connectivity index (χ1) is 8.26. The monoisotopic (exact) mass is 273 g/mol. The zero-order valence-electron chi connectivity index (χ0n) is 11.8. The van der Waals surface area contributed by atoms with Crippen molar-refractivity contribution < 1.29 is 8.98 Å². The summed E-state index contributed by atoms with van der Waals surface area (Å²) in [4.78, 5) is 10.3. The number of anilines is 1. The second kappa shape index (κ2) is 5.75. The molecule has 0 saturated heterocycles. The van der Waals surface area contributed by atoms with Gasteiger partial charge in [0.1, 0.15) is 0 Å². The summed E-state index contributed by atoms with van der Waals surface area (Å²) in [6.07, 6.45) is 6.80. The van der Waals surface area contributed by atoms with Crippen LogP contribution in [0, 0.1) is 0 Å². The van der Waals surface area contributed by atoms with Crippen molar-refractivity contribution in [1.29, 1.82) is 0 Å². The van der Waals surface area contributed by atoms with Gasteiger partial charge in [0.15, 0.2) is 5.82 Å². The summed E-state index contributed by atoms with van der Waals surface area (Å²) in [5.74, 6) is 0.562. The van der Waals surface area contributed by atoms with Gasteiger partial charge in [-0.05, 0) is 12.5 Å². The number of nitrogens with one attached hydrogen (secondary N) is 1. The average Bonchev–Trinajstić information content (AvgIpc) is 2.64. The highest BCUT2D eigenvalue weighted by atomic mass is 32.3. The van der Waals surface area contributed by atoms with Crippen molar-refractivity contribution in [1.82, 2.24) is 9.78 Å². The molecule has 1 rings (SSSR count). The Morgan fingerprint density at radius 1 is 1.50 bits per heavy atom. The van der Waals surface area contributed by atoms with Crippen LogP contribution < -0.4 is 5.32 Å². The van der Waals surface area contributed by atoms with Gasteiger partial charge in [-0.1, -0.05) is 20.8 Å². The van der Waals surface area contributed by atoms with Crippen LogP contribution in [0.15, 0.2) is 12.3 Å². The van der Waals surface area contributed by atoms with Gasteiger partial charge in [-0.2, -0.15) is 5.10 Å². The highest BCUT2D eigenvalue weighted by molar-refractivity contribution is 8.29. The molecule has 1 aromatic rings. The van der Waals surface area contributed by atoms with E-state index in [4.69, 9.17) is 4.18 Å². The Hall–Kier alpha value is -1.01. The predicted molar refractivity (Wildman–Crippen MR) is 77.1 cm³/mol. The Labute approximate surface area is 110 Å². The molecular weight excluding hydrogens is 250 g/mol. The third kappa shape index (κ3) is 4.03. The number of carbonyl (C=O) groups is 1. The van der Waals surface area contributed by atoms with Gasteiger partial charge in [0.25, 0.3) is 0 Å². The number of aromatic nitrogens is 2. The van der Waals surface area contributed by atoms with Gasteiger partial charge in [-0.25, -0.2) is 0 Å². The average molecular weight is 273 g/mol. The summed E-state index contributed by atoms with van der Waals surface area (Å²) >= 11 is 0. The molecule has 0 radical (unpaired) electrons. The van der Waals surface area contributed by atoms with Crippen molar-refractivity contribution in [2.75, 3.05) is 24.4 Å². The SMILES string of the molecule is CC(C)(C)S(C)(C)OCCn1ccc(NC=O)n1. The summed E-state index contributed by atoms with van der Waals surface area (Å²) in [7, 11) is -1.08. The smallest absolute Gasteiger partial charge is 0.212 e. The first kappa shape index (κ1) is 15.0. The summed E-state index contributed by atoms with van der Waals surface area (Å²) in [6.45, 7) is 7.90. The lowest BCUT2D eigenvalue weighted by Gasteiger charge is -2.43. The molecule has 1 amide bonds. The normalized spacial score (nSPS) is 13.4. The van der Waals surface area contributed by atoms with E-state index >= 15 is 0 Å². The van der Waals surface area contributed by atoms with Gasteiger partial charge in [0.05, 0.1) is 13.2 Å². The summed E-state index contributed by atoms with van der Waals surface area (Å²) in [5, 5.41) is 6.70. The van der Waals surface area contributed by atoms with Crippen molar-refractivity contribution in [2.24, 2.45) is 0 Å². The molecule has 0 spiro atoms. The molecule has 6 heteroatoms. The molecule has 18 heavy (non-hydrogen) atoms. The molecule has 104 valence electrons. The van der Waals surface area contributed by atoms with Gasteiger partial charge >= 0.3 is 0 Å². The Morgan fingerprint density at radius 3 is 2.72 bits per heavy atom. The van der Waals surface area contributed by atoms with Crippen LogP contribution in [-0.2, 0) is 15.5 Å². The molecule has 0 fully saturated rings. The molecule has 1 heterocycles. The van der Waals surface area contributed by atoms with Crippen LogP contribution in [0.4, 0.5) is 5.82 Å². The molecule has 5 nitrogen and oxygen atoms in total. The molecule has 0 aliphatic carbocycles. The maximum Gasteiger partial charge on any atom is 0.212 e.